The normalized spacial score (nSPS) is 11.1. The van der Waals surface area contributed by atoms with E-state index in [4.69, 9.17) is 19.8 Å². The molecule has 0 saturated carbocycles. The van der Waals surface area contributed by atoms with Gasteiger partial charge in [0.2, 0.25) is 11.2 Å². The van der Waals surface area contributed by atoms with Gasteiger partial charge in [-0.05, 0) is 42.0 Å². The Morgan fingerprint density at radius 1 is 0.712 bits per heavy atom. The van der Waals surface area contributed by atoms with Crippen molar-refractivity contribution in [1.29, 1.82) is 0 Å². The molecule has 3 aromatic heterocycles. The number of benzene rings is 3. The van der Waals surface area contributed by atoms with Crippen LogP contribution in [0.25, 0.3) is 44.3 Å². The highest BCUT2D eigenvalue weighted by Gasteiger charge is 2.29. The molecule has 0 bridgehead atoms. The highest BCUT2D eigenvalue weighted by atomic mass is 19.4. The van der Waals surface area contributed by atoms with Gasteiger partial charge in [0.1, 0.15) is 11.9 Å². The minimum atomic E-state index is -5.19. The molecule has 3 aromatic carbocycles. The number of alkyl halides is 6. The fourth-order valence-corrected chi connectivity index (χ4v) is 4.63. The number of hydrogen-bond donors (Lipinski definition) is 2. The average molecular weight is 725 g/mol. The molecule has 0 aliphatic carbocycles. The lowest BCUT2D eigenvalue weighted by atomic mass is 9.96. The molecule has 0 aliphatic heterocycles. The Kier molecular flexibility index (Phi) is 12.1. The first-order valence-corrected chi connectivity index (χ1v) is 14.9. The number of nitrogens with zero attached hydrogens (tertiary/aromatic N) is 3. The number of hydrogen-bond acceptors (Lipinski definition) is 8. The number of carboxylic acid groups (broad SMARTS) is 2. The molecule has 6 aromatic rings. The molecule has 1 amide bonds. The van der Waals surface area contributed by atoms with Crippen LogP contribution in [0, 0.1) is 0 Å². The topological polar surface area (TPSA) is 190 Å². The number of aliphatic carboxylic acids is 2. The van der Waals surface area contributed by atoms with Crippen molar-refractivity contribution in [3.63, 3.8) is 0 Å². The lowest BCUT2D eigenvalue weighted by molar-refractivity contribution is -0.386. The zero-order chi connectivity index (χ0) is 38.1. The Hall–Kier alpha value is -6.49. The zero-order valence-corrected chi connectivity index (χ0v) is 26.6. The van der Waals surface area contributed by atoms with E-state index in [0.717, 1.165) is 51.0 Å². The van der Waals surface area contributed by atoms with Gasteiger partial charge >= 0.3 is 12.4 Å². The summed E-state index contributed by atoms with van der Waals surface area (Å²) < 4.78 is 63.1. The van der Waals surface area contributed by atoms with E-state index >= 15 is 0 Å². The number of carboxylic acids is 2. The summed E-state index contributed by atoms with van der Waals surface area (Å²) in [5.74, 6) is -6.20. The van der Waals surface area contributed by atoms with Gasteiger partial charge in [-0.3, -0.25) is 19.7 Å². The Bertz CT molecular complexity index is 2170. The summed E-state index contributed by atoms with van der Waals surface area (Å²) in [6.07, 6.45) is -5.36. The van der Waals surface area contributed by atoms with Crippen molar-refractivity contribution in [3.05, 3.63) is 120 Å². The number of rotatable bonds is 6. The molecular formula is C35H26F6N6O5. The molecular weight excluding hydrogens is 698 g/mol. The minimum absolute atomic E-state index is 0.189. The van der Waals surface area contributed by atoms with E-state index in [1.165, 1.54) is 5.56 Å². The monoisotopic (exact) mass is 724 g/mol. The second-order valence-electron chi connectivity index (χ2n) is 10.6. The number of pyridine rings is 2. The van der Waals surface area contributed by atoms with E-state index in [2.05, 4.69) is 73.5 Å². The third-order valence-electron chi connectivity index (χ3n) is 7.12. The van der Waals surface area contributed by atoms with Crippen molar-refractivity contribution >= 4 is 39.8 Å². The van der Waals surface area contributed by atoms with Crippen LogP contribution in [0.3, 0.4) is 0 Å². The number of aromatic nitrogens is 4. The number of fused-ring (bicyclic) bond motifs is 2. The molecule has 0 saturated heterocycles. The third-order valence-corrected chi connectivity index (χ3v) is 7.12. The van der Waals surface area contributed by atoms with Crippen molar-refractivity contribution in [2.75, 3.05) is 0 Å². The highest BCUT2D eigenvalue weighted by molar-refractivity contribution is 5.97. The Balaban J connectivity index is 0.000000367. The van der Waals surface area contributed by atoms with Crippen LogP contribution in [0.2, 0.25) is 0 Å². The number of aromatic amines is 1. The third kappa shape index (κ3) is 10.0. The van der Waals surface area contributed by atoms with Gasteiger partial charge in [0, 0.05) is 41.3 Å². The van der Waals surface area contributed by atoms with Crippen LogP contribution in [-0.2, 0) is 22.7 Å². The molecule has 0 fully saturated rings. The standard InChI is InChI=1S/C31H24N6O.2C2HF3O2/c32-18-20-6-8-22(9-7-20)30-24(21-4-2-1-3-5-21)17-25-26(37-30)12-13-33-29(25)19-36-31(38)23-10-11-27-28(16-23)35-15-14-34-27;2*3-2(4,5)1(6)7/h1-17H,18-19,32H2,(H,36,38);2*(H,6,7). The molecule has 3 heterocycles. The quantitative estimate of drug-likeness (QED) is 0.245. The lowest BCUT2D eigenvalue weighted by Crippen LogP contribution is -2.47. The number of carbonyl (C=O) groups is 3. The van der Waals surface area contributed by atoms with Gasteiger partial charge in [0.25, 0.3) is 5.91 Å². The summed E-state index contributed by atoms with van der Waals surface area (Å²) in [5, 5.41) is 21.5. The molecule has 52 heavy (non-hydrogen) atoms. The molecule has 0 aliphatic rings. The van der Waals surface area contributed by atoms with Gasteiger partial charge in [-0.2, -0.15) is 26.3 Å². The van der Waals surface area contributed by atoms with Crippen LogP contribution in [0.5, 0.6) is 0 Å². The van der Waals surface area contributed by atoms with Crippen molar-refractivity contribution in [2.24, 2.45) is 0 Å². The van der Waals surface area contributed by atoms with E-state index in [9.17, 15) is 31.1 Å². The number of nitrogens with one attached hydrogen (secondary N) is 2. The maximum absolute atomic E-state index is 13.0. The van der Waals surface area contributed by atoms with Crippen LogP contribution in [0.15, 0.2) is 104 Å². The molecule has 0 radical (unpaired) electrons. The van der Waals surface area contributed by atoms with Crippen LogP contribution in [-0.4, -0.2) is 45.2 Å². The summed E-state index contributed by atoms with van der Waals surface area (Å²) in [6.45, 7) is 1.04. The summed E-state index contributed by atoms with van der Waals surface area (Å²) in [5.41, 5.74) is 13.1. The SMILES string of the molecule is O=C([O-])C(F)(F)F.O=C([O-])C(F)(F)F.[NH3+]Cc1ccc(-c2[nH+]c3ccnc(CNC(=O)c4ccc5nccnc5c4)c3cc2-c2ccccc2)cc1. The van der Waals surface area contributed by atoms with E-state index in [1.807, 2.05) is 24.3 Å². The van der Waals surface area contributed by atoms with Gasteiger partial charge in [0.05, 0.1) is 40.8 Å². The van der Waals surface area contributed by atoms with Crippen LogP contribution in [0.4, 0.5) is 26.3 Å². The first-order chi connectivity index (χ1) is 24.6. The van der Waals surface area contributed by atoms with E-state index in [1.54, 1.807) is 36.8 Å². The molecule has 6 rings (SSSR count). The van der Waals surface area contributed by atoms with E-state index < -0.39 is 24.3 Å². The first kappa shape index (κ1) is 38.3. The highest BCUT2D eigenvalue weighted by Crippen LogP contribution is 2.32. The average Bonchev–Trinajstić information content (AvgIpc) is 3.13. The van der Waals surface area contributed by atoms with Crippen LogP contribution in [0.1, 0.15) is 21.6 Å². The van der Waals surface area contributed by atoms with E-state index in [0.29, 0.717) is 11.1 Å². The molecule has 0 atom stereocenters. The number of quaternary nitrogens is 1. The van der Waals surface area contributed by atoms with Gasteiger partial charge in [0.15, 0.2) is 0 Å². The Labute approximate surface area is 289 Å². The van der Waals surface area contributed by atoms with Crippen LogP contribution >= 0.6 is 0 Å². The summed E-state index contributed by atoms with van der Waals surface area (Å²) >= 11 is 0. The summed E-state index contributed by atoms with van der Waals surface area (Å²) in [7, 11) is 0. The second-order valence-corrected chi connectivity index (χ2v) is 10.6. The van der Waals surface area contributed by atoms with Gasteiger partial charge in [-0.15, -0.1) is 0 Å². The van der Waals surface area contributed by atoms with Crippen molar-refractivity contribution in [1.82, 2.24) is 20.3 Å². The number of H-pyrrole nitrogens is 1. The maximum Gasteiger partial charge on any atom is 0.430 e. The number of amides is 1. The molecule has 0 spiro atoms. The fourth-order valence-electron chi connectivity index (χ4n) is 4.63. The Morgan fingerprint density at radius 3 is 1.88 bits per heavy atom. The second kappa shape index (κ2) is 16.5. The van der Waals surface area contributed by atoms with Crippen molar-refractivity contribution in [3.8, 4) is 22.4 Å². The molecule has 5 N–H and O–H groups in total. The molecule has 17 heteroatoms. The lowest BCUT2D eigenvalue weighted by Gasteiger charge is -2.10. The van der Waals surface area contributed by atoms with Crippen molar-refractivity contribution in [2.45, 2.75) is 25.4 Å². The minimum Gasteiger partial charge on any atom is -0.542 e. The molecule has 0 unspecified atom stereocenters. The zero-order valence-electron chi connectivity index (χ0n) is 26.6. The van der Waals surface area contributed by atoms with Crippen LogP contribution < -0.4 is 26.2 Å². The van der Waals surface area contributed by atoms with Crippen molar-refractivity contribution < 1.29 is 61.7 Å². The van der Waals surface area contributed by atoms with E-state index in [-0.39, 0.29) is 12.5 Å². The smallest absolute Gasteiger partial charge is 0.430 e. The number of halogens is 6. The summed E-state index contributed by atoms with van der Waals surface area (Å²) in [6, 6.07) is 28.2. The summed E-state index contributed by atoms with van der Waals surface area (Å²) in [4.78, 5) is 47.4. The Morgan fingerprint density at radius 2 is 1.31 bits per heavy atom. The molecule has 268 valence electrons. The maximum atomic E-state index is 13.0. The fraction of sp³-hybridized carbons (Fsp3) is 0.114. The van der Waals surface area contributed by atoms with Gasteiger partial charge in [-0.1, -0.05) is 42.5 Å². The largest absolute Gasteiger partial charge is 0.542 e. The number of carbonyl (C=O) groups excluding carboxylic acids is 3. The van der Waals surface area contributed by atoms with Gasteiger partial charge in [-0.25, -0.2) is 4.98 Å². The predicted molar refractivity (Wildman–Crippen MR) is 169 cm³/mol. The first-order valence-electron chi connectivity index (χ1n) is 14.9. The molecule has 11 nitrogen and oxygen atoms in total. The predicted octanol–water partition coefficient (Wildman–Crippen LogP) is 2.60. The van der Waals surface area contributed by atoms with Gasteiger partial charge < -0.3 is 30.9 Å².